The van der Waals surface area contributed by atoms with Crippen LogP contribution in [0.4, 0.5) is 0 Å². The zero-order chi connectivity index (χ0) is 23.3. The van der Waals surface area contributed by atoms with Gasteiger partial charge in [0, 0.05) is 13.1 Å². The first-order valence-corrected chi connectivity index (χ1v) is 12.4. The van der Waals surface area contributed by atoms with E-state index in [-0.39, 0.29) is 29.3 Å². The Morgan fingerprint density at radius 1 is 1.22 bits per heavy atom. The molecule has 2 aromatic rings. The molecule has 1 fully saturated rings. The highest BCUT2D eigenvalue weighted by Crippen LogP contribution is 2.28. The third-order valence-electron chi connectivity index (χ3n) is 5.81. The SMILES string of the molecule is CCOc1ccc(S(=O)(=O)N2CCC[C@@H](C(=O)N[C@@H](C)c3ccc(OC)cc3)C2)cc1C. The molecule has 1 saturated heterocycles. The predicted octanol–water partition coefficient (Wildman–Crippen LogP) is 3.68. The Labute approximate surface area is 190 Å². The number of rotatable bonds is 8. The first-order chi connectivity index (χ1) is 15.3. The summed E-state index contributed by atoms with van der Waals surface area (Å²) >= 11 is 0. The summed E-state index contributed by atoms with van der Waals surface area (Å²) < 4.78 is 38.6. The molecule has 0 saturated carbocycles. The number of piperidine rings is 1. The largest absolute Gasteiger partial charge is 0.497 e. The van der Waals surface area contributed by atoms with E-state index in [2.05, 4.69) is 5.32 Å². The molecular formula is C24H32N2O5S. The third-order valence-corrected chi connectivity index (χ3v) is 7.67. The van der Waals surface area contributed by atoms with Crippen molar-refractivity contribution in [1.29, 1.82) is 0 Å². The van der Waals surface area contributed by atoms with Gasteiger partial charge in [-0.15, -0.1) is 0 Å². The lowest BCUT2D eigenvalue weighted by atomic mass is 9.98. The lowest BCUT2D eigenvalue weighted by Gasteiger charge is -2.32. The highest BCUT2D eigenvalue weighted by Gasteiger charge is 2.34. The molecule has 32 heavy (non-hydrogen) atoms. The van der Waals surface area contributed by atoms with E-state index in [0.717, 1.165) is 16.9 Å². The second-order valence-corrected chi connectivity index (χ2v) is 10.0. The summed E-state index contributed by atoms with van der Waals surface area (Å²) in [5.41, 5.74) is 1.73. The molecule has 2 aromatic carbocycles. The number of ether oxygens (including phenoxy) is 2. The lowest BCUT2D eigenvalue weighted by molar-refractivity contribution is -0.126. The average molecular weight is 461 g/mol. The maximum absolute atomic E-state index is 13.2. The van der Waals surface area contributed by atoms with E-state index in [4.69, 9.17) is 9.47 Å². The molecule has 1 aliphatic rings. The van der Waals surface area contributed by atoms with E-state index < -0.39 is 10.0 Å². The summed E-state index contributed by atoms with van der Waals surface area (Å²) in [7, 11) is -2.08. The number of nitrogens with zero attached hydrogens (tertiary/aromatic N) is 1. The second kappa shape index (κ2) is 10.4. The third kappa shape index (κ3) is 5.42. The van der Waals surface area contributed by atoms with Crippen LogP contribution in [0.3, 0.4) is 0 Å². The maximum atomic E-state index is 13.2. The zero-order valence-electron chi connectivity index (χ0n) is 19.1. The van der Waals surface area contributed by atoms with Gasteiger partial charge in [0.1, 0.15) is 11.5 Å². The van der Waals surface area contributed by atoms with Gasteiger partial charge in [0.05, 0.1) is 30.6 Å². The topological polar surface area (TPSA) is 84.9 Å². The Morgan fingerprint density at radius 3 is 2.56 bits per heavy atom. The van der Waals surface area contributed by atoms with Crippen LogP contribution in [0.5, 0.6) is 11.5 Å². The standard InChI is InChI=1S/C24H32N2O5S/c1-5-31-23-13-12-22(15-17(23)2)32(28,29)26-14-6-7-20(16-26)24(27)25-18(3)19-8-10-21(30-4)11-9-19/h8-13,15,18,20H,5-7,14,16H2,1-4H3,(H,25,27)/t18-,20+/m0/s1. The predicted molar refractivity (Wildman–Crippen MR) is 123 cm³/mol. The van der Waals surface area contributed by atoms with E-state index in [1.54, 1.807) is 25.3 Å². The van der Waals surface area contributed by atoms with Gasteiger partial charge >= 0.3 is 0 Å². The summed E-state index contributed by atoms with van der Waals surface area (Å²) in [4.78, 5) is 13.1. The Morgan fingerprint density at radius 2 is 1.94 bits per heavy atom. The van der Waals surface area contributed by atoms with Crippen LogP contribution in [0.1, 0.15) is 43.9 Å². The Hall–Kier alpha value is -2.58. The molecule has 1 heterocycles. The van der Waals surface area contributed by atoms with Crippen molar-refractivity contribution in [1.82, 2.24) is 9.62 Å². The van der Waals surface area contributed by atoms with E-state index in [0.29, 0.717) is 31.7 Å². The number of methoxy groups -OCH3 is 1. The number of hydrogen-bond acceptors (Lipinski definition) is 5. The van der Waals surface area contributed by atoms with Crippen molar-refractivity contribution in [2.75, 3.05) is 26.8 Å². The van der Waals surface area contributed by atoms with Crippen LogP contribution in [0, 0.1) is 12.8 Å². The molecular weight excluding hydrogens is 428 g/mol. The molecule has 2 atom stereocenters. The first kappa shape index (κ1) is 24.1. The maximum Gasteiger partial charge on any atom is 0.243 e. The number of aryl methyl sites for hydroxylation is 1. The van der Waals surface area contributed by atoms with Crippen molar-refractivity contribution in [2.24, 2.45) is 5.92 Å². The molecule has 0 radical (unpaired) electrons. The molecule has 1 N–H and O–H groups in total. The van der Waals surface area contributed by atoms with Gasteiger partial charge in [-0.1, -0.05) is 12.1 Å². The van der Waals surface area contributed by atoms with Crippen LogP contribution >= 0.6 is 0 Å². The van der Waals surface area contributed by atoms with E-state index in [9.17, 15) is 13.2 Å². The number of sulfonamides is 1. The van der Waals surface area contributed by atoms with E-state index in [1.807, 2.05) is 45.0 Å². The molecule has 0 unspecified atom stereocenters. The van der Waals surface area contributed by atoms with Crippen molar-refractivity contribution in [2.45, 2.75) is 44.6 Å². The molecule has 8 heteroatoms. The molecule has 1 aliphatic heterocycles. The van der Waals surface area contributed by atoms with Crippen LogP contribution in [-0.4, -0.2) is 45.4 Å². The average Bonchev–Trinajstić information content (AvgIpc) is 2.80. The van der Waals surface area contributed by atoms with Gasteiger partial charge < -0.3 is 14.8 Å². The smallest absolute Gasteiger partial charge is 0.243 e. The summed E-state index contributed by atoms with van der Waals surface area (Å²) in [6.07, 6.45) is 1.31. The highest BCUT2D eigenvalue weighted by molar-refractivity contribution is 7.89. The second-order valence-electron chi connectivity index (χ2n) is 8.07. The van der Waals surface area contributed by atoms with E-state index >= 15 is 0 Å². The van der Waals surface area contributed by atoms with Crippen LogP contribution in [0.2, 0.25) is 0 Å². The minimum Gasteiger partial charge on any atom is -0.497 e. The summed E-state index contributed by atoms with van der Waals surface area (Å²) in [5, 5.41) is 3.03. The zero-order valence-corrected chi connectivity index (χ0v) is 19.9. The molecule has 0 aromatic heterocycles. The van der Waals surface area contributed by atoms with E-state index in [1.165, 1.54) is 4.31 Å². The molecule has 1 amide bonds. The van der Waals surface area contributed by atoms with Crippen LogP contribution in [-0.2, 0) is 14.8 Å². The van der Waals surface area contributed by atoms with Gasteiger partial charge in [-0.2, -0.15) is 4.31 Å². The van der Waals surface area contributed by atoms with Crippen molar-refractivity contribution in [3.05, 3.63) is 53.6 Å². The summed E-state index contributed by atoms with van der Waals surface area (Å²) in [6, 6.07) is 12.2. The monoisotopic (exact) mass is 460 g/mol. The van der Waals surface area contributed by atoms with Crippen LogP contribution in [0.25, 0.3) is 0 Å². The minimum atomic E-state index is -3.69. The van der Waals surface area contributed by atoms with Gasteiger partial charge in [0.15, 0.2) is 0 Å². The number of carbonyl (C=O) groups is 1. The molecule has 174 valence electrons. The Balaban J connectivity index is 1.68. The molecule has 0 aliphatic carbocycles. The summed E-state index contributed by atoms with van der Waals surface area (Å²) in [5.74, 6) is 0.916. The Kier molecular flexibility index (Phi) is 7.79. The Bertz CT molecular complexity index is 1040. The van der Waals surface area contributed by atoms with Crippen molar-refractivity contribution in [3.8, 4) is 11.5 Å². The van der Waals surface area contributed by atoms with Crippen molar-refractivity contribution >= 4 is 15.9 Å². The number of carbonyl (C=O) groups excluding carboxylic acids is 1. The first-order valence-electron chi connectivity index (χ1n) is 10.9. The molecule has 7 nitrogen and oxygen atoms in total. The number of hydrogen-bond donors (Lipinski definition) is 1. The minimum absolute atomic E-state index is 0.129. The molecule has 0 spiro atoms. The van der Waals surface area contributed by atoms with Gasteiger partial charge in [-0.05, 0) is 75.1 Å². The van der Waals surface area contributed by atoms with Gasteiger partial charge in [0.2, 0.25) is 15.9 Å². The van der Waals surface area contributed by atoms with Gasteiger partial charge in [-0.25, -0.2) is 8.42 Å². The summed E-state index contributed by atoms with van der Waals surface area (Å²) in [6.45, 7) is 6.74. The van der Waals surface area contributed by atoms with Gasteiger partial charge in [0.25, 0.3) is 0 Å². The number of benzene rings is 2. The lowest BCUT2D eigenvalue weighted by Crippen LogP contribution is -2.45. The van der Waals surface area contributed by atoms with Crippen LogP contribution < -0.4 is 14.8 Å². The number of amides is 1. The quantitative estimate of drug-likeness (QED) is 0.650. The highest BCUT2D eigenvalue weighted by atomic mass is 32.2. The van der Waals surface area contributed by atoms with Crippen molar-refractivity contribution in [3.63, 3.8) is 0 Å². The fourth-order valence-corrected chi connectivity index (χ4v) is 5.54. The van der Waals surface area contributed by atoms with Crippen molar-refractivity contribution < 1.29 is 22.7 Å². The fourth-order valence-electron chi connectivity index (χ4n) is 3.93. The normalized spacial score (nSPS) is 18.1. The molecule has 0 bridgehead atoms. The fraction of sp³-hybridized carbons (Fsp3) is 0.458. The molecule has 3 rings (SSSR count). The van der Waals surface area contributed by atoms with Crippen LogP contribution in [0.15, 0.2) is 47.4 Å². The van der Waals surface area contributed by atoms with Gasteiger partial charge in [-0.3, -0.25) is 4.79 Å². The number of nitrogens with one attached hydrogen (secondary N) is 1.